The molecule has 1 N–H and O–H groups in total. The average molecular weight is 511 g/mol. The number of imidazole rings is 1. The Bertz CT molecular complexity index is 1160. The number of nitrogens with zero attached hydrogens (tertiary/aromatic N) is 3. The molecule has 0 bridgehead atoms. The van der Waals surface area contributed by atoms with Crippen LogP contribution >= 0.6 is 11.6 Å². The van der Waals surface area contributed by atoms with E-state index in [4.69, 9.17) is 21.3 Å². The molecule has 1 atom stereocenters. The highest BCUT2D eigenvalue weighted by Crippen LogP contribution is 2.21. The number of likely N-dealkylation sites (tertiary alicyclic amines) is 1. The van der Waals surface area contributed by atoms with Gasteiger partial charge in [-0.15, -0.1) is 0 Å². The van der Waals surface area contributed by atoms with Crippen molar-refractivity contribution in [1.29, 1.82) is 0 Å². The van der Waals surface area contributed by atoms with Gasteiger partial charge in [0.25, 0.3) is 5.91 Å². The van der Waals surface area contributed by atoms with E-state index in [1.165, 1.54) is 6.42 Å². The van der Waals surface area contributed by atoms with Crippen LogP contribution in [0.5, 0.6) is 5.75 Å². The number of hydrogen-bond acceptors (Lipinski definition) is 4. The van der Waals surface area contributed by atoms with E-state index in [1.54, 1.807) is 24.3 Å². The summed E-state index contributed by atoms with van der Waals surface area (Å²) >= 11 is 5.86. The largest absolute Gasteiger partial charge is 0.484 e. The molecule has 7 nitrogen and oxygen atoms in total. The number of aromatic nitrogens is 2. The lowest BCUT2D eigenvalue weighted by atomic mass is 10.0. The van der Waals surface area contributed by atoms with Crippen LogP contribution in [0.15, 0.2) is 48.5 Å². The number of para-hydroxylation sites is 2. The van der Waals surface area contributed by atoms with Crippen molar-refractivity contribution in [2.45, 2.75) is 64.5 Å². The SMILES string of the molecule is CC1CCCCN1C(=O)Cn1c(CCCCCNC(=O)COc2ccc(Cl)cc2)nc2ccccc21. The monoisotopic (exact) mass is 510 g/mol. The normalized spacial score (nSPS) is 15.7. The zero-order valence-electron chi connectivity index (χ0n) is 20.9. The number of carbonyl (C=O) groups excluding carboxylic acids is 2. The van der Waals surface area contributed by atoms with Gasteiger partial charge in [0, 0.05) is 30.6 Å². The first kappa shape index (κ1) is 26.0. The van der Waals surface area contributed by atoms with Crippen molar-refractivity contribution in [3.8, 4) is 5.75 Å². The van der Waals surface area contributed by atoms with Gasteiger partial charge >= 0.3 is 0 Å². The fourth-order valence-corrected chi connectivity index (χ4v) is 4.86. The second-order valence-electron chi connectivity index (χ2n) is 9.44. The lowest BCUT2D eigenvalue weighted by Gasteiger charge is -2.33. The van der Waals surface area contributed by atoms with Crippen molar-refractivity contribution in [1.82, 2.24) is 19.8 Å². The maximum absolute atomic E-state index is 13.1. The number of ether oxygens (including phenoxy) is 1. The van der Waals surface area contributed by atoms with Crippen LogP contribution in [-0.2, 0) is 22.6 Å². The summed E-state index contributed by atoms with van der Waals surface area (Å²) in [6.07, 6.45) is 6.92. The third-order valence-electron chi connectivity index (χ3n) is 6.73. The molecular formula is C28H35ClN4O3. The van der Waals surface area contributed by atoms with Gasteiger partial charge in [0.1, 0.15) is 18.1 Å². The molecule has 3 aromatic rings. The molecule has 1 aliphatic rings. The molecule has 0 radical (unpaired) electrons. The van der Waals surface area contributed by atoms with E-state index in [-0.39, 0.29) is 18.4 Å². The molecule has 36 heavy (non-hydrogen) atoms. The van der Waals surface area contributed by atoms with Gasteiger partial charge in [0.15, 0.2) is 6.61 Å². The molecule has 1 saturated heterocycles. The molecule has 8 heteroatoms. The summed E-state index contributed by atoms with van der Waals surface area (Å²) in [7, 11) is 0. The van der Waals surface area contributed by atoms with Crippen LogP contribution in [0.1, 0.15) is 51.3 Å². The number of piperidine rings is 1. The molecule has 1 unspecified atom stereocenters. The summed E-state index contributed by atoms with van der Waals surface area (Å²) in [5.74, 6) is 1.60. The van der Waals surface area contributed by atoms with Crippen LogP contribution in [0.25, 0.3) is 11.0 Å². The van der Waals surface area contributed by atoms with E-state index in [1.807, 2.05) is 29.2 Å². The van der Waals surface area contributed by atoms with E-state index < -0.39 is 0 Å². The second kappa shape index (κ2) is 12.8. The number of amides is 2. The van der Waals surface area contributed by atoms with Crippen molar-refractivity contribution in [2.75, 3.05) is 19.7 Å². The van der Waals surface area contributed by atoms with Crippen LogP contribution in [0.3, 0.4) is 0 Å². The number of fused-ring (bicyclic) bond motifs is 1. The summed E-state index contributed by atoms with van der Waals surface area (Å²) in [6.45, 7) is 3.91. The van der Waals surface area contributed by atoms with Crippen LogP contribution < -0.4 is 10.1 Å². The molecule has 1 aromatic heterocycles. The number of carbonyl (C=O) groups is 2. The maximum atomic E-state index is 13.1. The van der Waals surface area contributed by atoms with Crippen LogP contribution in [0, 0.1) is 0 Å². The predicted molar refractivity (Wildman–Crippen MR) is 142 cm³/mol. The minimum atomic E-state index is -0.141. The van der Waals surface area contributed by atoms with Gasteiger partial charge in [0.2, 0.25) is 5.91 Å². The summed E-state index contributed by atoms with van der Waals surface area (Å²) in [5.41, 5.74) is 1.94. The fraction of sp³-hybridized carbons (Fsp3) is 0.464. The zero-order valence-corrected chi connectivity index (χ0v) is 21.7. The van der Waals surface area contributed by atoms with Gasteiger partial charge in [-0.05, 0) is 75.4 Å². The Hall–Kier alpha value is -3.06. The molecule has 0 aliphatic carbocycles. The van der Waals surface area contributed by atoms with E-state index in [0.29, 0.717) is 29.9 Å². The Morgan fingerprint density at radius 3 is 2.69 bits per heavy atom. The Morgan fingerprint density at radius 1 is 1.08 bits per heavy atom. The highest BCUT2D eigenvalue weighted by Gasteiger charge is 2.24. The van der Waals surface area contributed by atoms with Crippen molar-refractivity contribution in [2.24, 2.45) is 0 Å². The molecular weight excluding hydrogens is 476 g/mol. The molecule has 192 valence electrons. The lowest BCUT2D eigenvalue weighted by Crippen LogP contribution is -2.43. The Morgan fingerprint density at radius 2 is 1.89 bits per heavy atom. The quantitative estimate of drug-likeness (QED) is 0.368. The molecule has 0 saturated carbocycles. The van der Waals surface area contributed by atoms with E-state index in [2.05, 4.69) is 16.8 Å². The molecule has 0 spiro atoms. The fourth-order valence-electron chi connectivity index (χ4n) is 4.73. The molecule has 2 heterocycles. The van der Waals surface area contributed by atoms with Crippen molar-refractivity contribution in [3.05, 3.63) is 59.4 Å². The highest BCUT2D eigenvalue weighted by molar-refractivity contribution is 6.30. The van der Waals surface area contributed by atoms with Crippen LogP contribution in [-0.4, -0.2) is 52.0 Å². The Labute approximate surface area is 217 Å². The lowest BCUT2D eigenvalue weighted by molar-refractivity contribution is -0.135. The van der Waals surface area contributed by atoms with Gasteiger partial charge < -0.3 is 19.5 Å². The molecule has 1 fully saturated rings. The average Bonchev–Trinajstić information content (AvgIpc) is 3.23. The minimum Gasteiger partial charge on any atom is -0.484 e. The molecule has 1 aliphatic heterocycles. The first-order chi connectivity index (χ1) is 17.5. The summed E-state index contributed by atoms with van der Waals surface area (Å²) in [6, 6.07) is 15.3. The number of hydrogen-bond donors (Lipinski definition) is 1. The van der Waals surface area contributed by atoms with Gasteiger partial charge in [-0.1, -0.05) is 30.2 Å². The Kier molecular flexibility index (Phi) is 9.23. The van der Waals surface area contributed by atoms with Crippen molar-refractivity contribution >= 4 is 34.4 Å². The predicted octanol–water partition coefficient (Wildman–Crippen LogP) is 5.00. The molecule has 2 aromatic carbocycles. The highest BCUT2D eigenvalue weighted by atomic mass is 35.5. The number of benzene rings is 2. The number of halogens is 1. The topological polar surface area (TPSA) is 76.5 Å². The summed E-state index contributed by atoms with van der Waals surface area (Å²) < 4.78 is 7.56. The van der Waals surface area contributed by atoms with E-state index in [0.717, 1.165) is 61.9 Å². The van der Waals surface area contributed by atoms with Gasteiger partial charge in [-0.3, -0.25) is 9.59 Å². The Balaban J connectivity index is 1.23. The van der Waals surface area contributed by atoms with E-state index in [9.17, 15) is 9.59 Å². The first-order valence-corrected chi connectivity index (χ1v) is 13.3. The first-order valence-electron chi connectivity index (χ1n) is 12.9. The smallest absolute Gasteiger partial charge is 0.257 e. The number of unbranched alkanes of at least 4 members (excludes halogenated alkanes) is 2. The summed E-state index contributed by atoms with van der Waals surface area (Å²) in [5, 5.41) is 3.53. The summed E-state index contributed by atoms with van der Waals surface area (Å²) in [4.78, 5) is 32.0. The van der Waals surface area contributed by atoms with Crippen molar-refractivity contribution < 1.29 is 14.3 Å². The van der Waals surface area contributed by atoms with Crippen LogP contribution in [0.4, 0.5) is 0 Å². The third kappa shape index (κ3) is 7.00. The minimum absolute atomic E-state index is 0.0185. The van der Waals surface area contributed by atoms with Crippen molar-refractivity contribution in [3.63, 3.8) is 0 Å². The van der Waals surface area contributed by atoms with Gasteiger partial charge in [-0.2, -0.15) is 0 Å². The number of aryl methyl sites for hydroxylation is 1. The number of rotatable bonds is 11. The van der Waals surface area contributed by atoms with E-state index >= 15 is 0 Å². The molecule has 4 rings (SSSR count). The third-order valence-corrected chi connectivity index (χ3v) is 6.99. The standard InChI is InChI=1S/C28H35ClN4O3/c1-21-9-6-8-18-32(21)28(35)19-33-25-11-5-4-10-24(25)31-26(33)12-3-2-7-17-30-27(34)20-36-23-15-13-22(29)14-16-23/h4-5,10-11,13-16,21H,2-3,6-9,12,17-20H2,1H3,(H,30,34). The van der Waals surface area contributed by atoms with Gasteiger partial charge in [0.05, 0.1) is 11.0 Å². The zero-order chi connectivity index (χ0) is 25.3. The van der Waals surface area contributed by atoms with Crippen LogP contribution in [0.2, 0.25) is 5.02 Å². The van der Waals surface area contributed by atoms with Gasteiger partial charge in [-0.25, -0.2) is 4.98 Å². The number of nitrogens with one attached hydrogen (secondary N) is 1. The molecule has 2 amide bonds. The second-order valence-corrected chi connectivity index (χ2v) is 9.87. The maximum Gasteiger partial charge on any atom is 0.257 e.